The molecule has 0 aliphatic carbocycles. The standard InChI is InChI=1S/C20H34F3N3O2S/c1-14-15-11-25(12-19(2,3)4)13-26(8-7-20(21,22)23)18(15)29-16(14)9-24-10-17(27-5)28-6/h17,24H,7-13H2,1-6H3. The second kappa shape index (κ2) is 9.96. The van der Waals surface area contributed by atoms with E-state index in [1.807, 2.05) is 4.90 Å². The van der Waals surface area contributed by atoms with Crippen LogP contribution in [0.25, 0.3) is 0 Å². The number of hydrogen-bond acceptors (Lipinski definition) is 6. The van der Waals surface area contributed by atoms with Crippen molar-refractivity contribution < 1.29 is 22.6 Å². The third-order valence-corrected chi connectivity index (χ3v) is 6.27. The van der Waals surface area contributed by atoms with Crippen molar-refractivity contribution in [3.05, 3.63) is 16.0 Å². The third kappa shape index (κ3) is 7.40. The molecule has 0 atom stereocenters. The molecule has 0 fully saturated rings. The van der Waals surface area contributed by atoms with E-state index in [4.69, 9.17) is 9.47 Å². The number of anilines is 1. The first kappa shape index (κ1) is 24.4. The van der Waals surface area contributed by atoms with Gasteiger partial charge in [0.2, 0.25) is 0 Å². The summed E-state index contributed by atoms with van der Waals surface area (Å²) in [7, 11) is 3.18. The number of ether oxygens (including phenoxy) is 2. The molecule has 0 saturated carbocycles. The van der Waals surface area contributed by atoms with E-state index in [0.29, 0.717) is 19.8 Å². The Kier molecular flexibility index (Phi) is 8.38. The summed E-state index contributed by atoms with van der Waals surface area (Å²) < 4.78 is 49.0. The Hall–Kier alpha value is -0.870. The first-order valence-corrected chi connectivity index (χ1v) is 10.7. The monoisotopic (exact) mass is 437 g/mol. The van der Waals surface area contributed by atoms with Gasteiger partial charge in [0.1, 0.15) is 0 Å². The minimum absolute atomic E-state index is 0.0145. The fourth-order valence-corrected chi connectivity index (χ4v) is 4.85. The lowest BCUT2D eigenvalue weighted by atomic mass is 9.95. The fourth-order valence-electron chi connectivity index (χ4n) is 3.55. The lowest BCUT2D eigenvalue weighted by Gasteiger charge is -2.39. The van der Waals surface area contributed by atoms with Gasteiger partial charge in [-0.1, -0.05) is 20.8 Å². The van der Waals surface area contributed by atoms with Crippen LogP contribution in [-0.2, 0) is 22.6 Å². The minimum atomic E-state index is -4.15. The molecule has 0 amide bonds. The molecule has 0 radical (unpaired) electrons. The summed E-state index contributed by atoms with van der Waals surface area (Å²) in [5.74, 6) is 0. The Morgan fingerprint density at radius 1 is 1.17 bits per heavy atom. The zero-order valence-electron chi connectivity index (χ0n) is 18.3. The molecule has 1 aliphatic rings. The summed E-state index contributed by atoms with van der Waals surface area (Å²) in [5.41, 5.74) is 2.40. The van der Waals surface area contributed by atoms with Crippen molar-refractivity contribution in [1.82, 2.24) is 10.2 Å². The van der Waals surface area contributed by atoms with Crippen molar-refractivity contribution in [3.8, 4) is 0 Å². The number of methoxy groups -OCH3 is 2. The van der Waals surface area contributed by atoms with E-state index in [2.05, 4.69) is 37.9 Å². The molecular formula is C20H34F3N3O2S. The first-order valence-electron chi connectivity index (χ1n) is 9.85. The van der Waals surface area contributed by atoms with Gasteiger partial charge in [-0.2, -0.15) is 13.2 Å². The summed E-state index contributed by atoms with van der Waals surface area (Å²) >= 11 is 1.60. The highest BCUT2D eigenvalue weighted by Crippen LogP contribution is 2.40. The van der Waals surface area contributed by atoms with Gasteiger partial charge in [0.05, 0.1) is 18.1 Å². The van der Waals surface area contributed by atoms with Gasteiger partial charge in [-0.15, -0.1) is 11.3 Å². The molecule has 0 bridgehead atoms. The van der Waals surface area contributed by atoms with Crippen molar-refractivity contribution in [3.63, 3.8) is 0 Å². The highest BCUT2D eigenvalue weighted by Gasteiger charge is 2.33. The van der Waals surface area contributed by atoms with E-state index in [9.17, 15) is 13.2 Å². The number of nitrogens with zero attached hydrogens (tertiary/aromatic N) is 2. The lowest BCUT2D eigenvalue weighted by molar-refractivity contribution is -0.132. The van der Waals surface area contributed by atoms with Crippen LogP contribution in [0, 0.1) is 12.3 Å². The van der Waals surface area contributed by atoms with Crippen molar-refractivity contribution in [1.29, 1.82) is 0 Å². The van der Waals surface area contributed by atoms with Crippen molar-refractivity contribution in [2.75, 3.05) is 45.4 Å². The topological polar surface area (TPSA) is 37.0 Å². The molecule has 29 heavy (non-hydrogen) atoms. The van der Waals surface area contributed by atoms with E-state index < -0.39 is 12.6 Å². The van der Waals surface area contributed by atoms with Gasteiger partial charge in [0.25, 0.3) is 0 Å². The molecular weight excluding hydrogens is 403 g/mol. The molecule has 168 valence electrons. The summed E-state index contributed by atoms with van der Waals surface area (Å²) in [6, 6.07) is 0. The summed E-state index contributed by atoms with van der Waals surface area (Å²) in [5, 5.41) is 4.30. The van der Waals surface area contributed by atoms with Crippen LogP contribution < -0.4 is 10.2 Å². The number of alkyl halides is 3. The van der Waals surface area contributed by atoms with Crippen LogP contribution in [-0.4, -0.2) is 57.9 Å². The van der Waals surface area contributed by atoms with Gasteiger partial charge >= 0.3 is 6.18 Å². The second-order valence-electron chi connectivity index (χ2n) is 8.78. The maximum absolute atomic E-state index is 12.9. The van der Waals surface area contributed by atoms with Crippen molar-refractivity contribution >= 4 is 16.3 Å². The van der Waals surface area contributed by atoms with Gasteiger partial charge in [-0.05, 0) is 17.9 Å². The van der Waals surface area contributed by atoms with Crippen LogP contribution in [0.1, 0.15) is 43.2 Å². The molecule has 0 aromatic carbocycles. The normalized spacial score (nSPS) is 16.0. The Morgan fingerprint density at radius 2 is 1.83 bits per heavy atom. The Labute approximate surface area is 176 Å². The molecule has 0 unspecified atom stereocenters. The zero-order chi connectivity index (χ0) is 21.8. The molecule has 5 nitrogen and oxygen atoms in total. The maximum Gasteiger partial charge on any atom is 0.390 e. The predicted molar refractivity (Wildman–Crippen MR) is 111 cm³/mol. The van der Waals surface area contributed by atoms with E-state index >= 15 is 0 Å². The van der Waals surface area contributed by atoms with Gasteiger partial charge in [0.15, 0.2) is 6.29 Å². The highest BCUT2D eigenvalue weighted by atomic mass is 32.1. The fraction of sp³-hybridized carbons (Fsp3) is 0.800. The SMILES string of the molecule is COC(CNCc1sc2c(c1C)CN(CC(C)(C)C)CN2CCC(F)(F)F)OC. The molecule has 0 spiro atoms. The Bertz CT molecular complexity index is 655. The summed E-state index contributed by atoms with van der Waals surface area (Å²) in [4.78, 5) is 5.30. The molecule has 0 saturated heterocycles. The molecule has 1 aromatic rings. The third-order valence-electron chi connectivity index (χ3n) is 4.87. The average molecular weight is 438 g/mol. The number of rotatable bonds is 9. The molecule has 1 aromatic heterocycles. The van der Waals surface area contributed by atoms with Crippen LogP contribution in [0.3, 0.4) is 0 Å². The summed E-state index contributed by atoms with van der Waals surface area (Å²) in [6.07, 6.45) is -5.28. The van der Waals surface area contributed by atoms with Crippen molar-refractivity contribution in [2.24, 2.45) is 5.41 Å². The number of fused-ring (bicyclic) bond motifs is 1. The van der Waals surface area contributed by atoms with E-state index in [1.54, 1.807) is 25.6 Å². The predicted octanol–water partition coefficient (Wildman–Crippen LogP) is 4.34. The lowest BCUT2D eigenvalue weighted by Crippen LogP contribution is -2.45. The average Bonchev–Trinajstić information content (AvgIpc) is 2.91. The van der Waals surface area contributed by atoms with Gasteiger partial charge < -0.3 is 19.7 Å². The smallest absolute Gasteiger partial charge is 0.355 e. The largest absolute Gasteiger partial charge is 0.390 e. The van der Waals surface area contributed by atoms with Crippen molar-refractivity contribution in [2.45, 2.75) is 59.7 Å². The number of hydrogen-bond donors (Lipinski definition) is 1. The van der Waals surface area contributed by atoms with Gasteiger partial charge in [-0.3, -0.25) is 4.90 Å². The van der Waals surface area contributed by atoms with E-state index in [-0.39, 0.29) is 18.2 Å². The van der Waals surface area contributed by atoms with E-state index in [0.717, 1.165) is 28.5 Å². The summed E-state index contributed by atoms with van der Waals surface area (Å²) in [6.45, 7) is 11.8. The molecule has 9 heteroatoms. The van der Waals surface area contributed by atoms with Gasteiger partial charge in [0, 0.05) is 57.4 Å². The van der Waals surface area contributed by atoms with Crippen LogP contribution >= 0.6 is 11.3 Å². The van der Waals surface area contributed by atoms with E-state index in [1.165, 1.54) is 5.56 Å². The number of halogens is 3. The molecule has 1 aliphatic heterocycles. The number of nitrogens with one attached hydrogen (secondary N) is 1. The second-order valence-corrected chi connectivity index (χ2v) is 9.87. The number of thiophene rings is 1. The van der Waals surface area contributed by atoms with Crippen LogP contribution in [0.15, 0.2) is 0 Å². The van der Waals surface area contributed by atoms with Gasteiger partial charge in [-0.25, -0.2) is 0 Å². The Morgan fingerprint density at radius 3 is 2.38 bits per heavy atom. The van der Waals surface area contributed by atoms with Crippen LogP contribution in [0.2, 0.25) is 0 Å². The molecule has 1 N–H and O–H groups in total. The first-order chi connectivity index (χ1) is 13.4. The molecule has 2 rings (SSSR count). The quantitative estimate of drug-likeness (QED) is 0.582. The zero-order valence-corrected chi connectivity index (χ0v) is 19.1. The minimum Gasteiger partial charge on any atom is -0.355 e. The van der Waals surface area contributed by atoms with Crippen LogP contribution in [0.5, 0.6) is 0 Å². The highest BCUT2D eigenvalue weighted by molar-refractivity contribution is 7.16. The Balaban J connectivity index is 2.18. The molecule has 2 heterocycles. The van der Waals surface area contributed by atoms with Crippen LogP contribution in [0.4, 0.5) is 18.2 Å². The maximum atomic E-state index is 12.9.